The van der Waals surface area contributed by atoms with Crippen molar-refractivity contribution >= 4 is 29.7 Å². The van der Waals surface area contributed by atoms with E-state index >= 15 is 0 Å². The molecule has 0 aliphatic carbocycles. The first-order valence-electron chi connectivity index (χ1n) is 11.3. The molecule has 0 bridgehead atoms. The smallest absolute Gasteiger partial charge is 0.234 e. The average Bonchev–Trinajstić information content (AvgIpc) is 3.06. The van der Waals surface area contributed by atoms with Crippen molar-refractivity contribution in [1.29, 1.82) is 0 Å². The van der Waals surface area contributed by atoms with E-state index in [9.17, 15) is 9.59 Å². The number of hydrogen-bond acceptors (Lipinski definition) is 4. The molecule has 5 nitrogen and oxygen atoms in total. The molecule has 2 aromatic rings. The first-order chi connectivity index (χ1) is 15.7. The van der Waals surface area contributed by atoms with Crippen LogP contribution in [0, 0.1) is 0 Å². The Labute approximate surface area is 195 Å². The Kier molecular flexibility index (Phi) is 10.4. The lowest BCUT2D eigenvalue weighted by Crippen LogP contribution is -2.40. The summed E-state index contributed by atoms with van der Waals surface area (Å²) in [5, 5.41) is 5.07. The second-order valence-corrected chi connectivity index (χ2v) is 8.94. The van der Waals surface area contributed by atoms with Crippen LogP contribution in [0.2, 0.25) is 0 Å². The predicted octanol–water partition coefficient (Wildman–Crippen LogP) is 3.67. The quantitative estimate of drug-likeness (QED) is 0.560. The topological polar surface area (TPSA) is 52.7 Å². The van der Waals surface area contributed by atoms with Crippen LogP contribution in [0.3, 0.4) is 0 Å². The minimum Gasteiger partial charge on any atom is -0.355 e. The Morgan fingerprint density at radius 2 is 1.69 bits per heavy atom. The molecule has 1 saturated heterocycles. The molecule has 0 radical (unpaired) electrons. The molecule has 2 aromatic carbocycles. The van der Waals surface area contributed by atoms with Crippen molar-refractivity contribution < 1.29 is 9.59 Å². The van der Waals surface area contributed by atoms with Gasteiger partial charge in [-0.25, -0.2) is 0 Å². The maximum atomic E-state index is 12.6. The molecule has 170 valence electrons. The van der Waals surface area contributed by atoms with Crippen LogP contribution >= 0.6 is 11.8 Å². The molecule has 32 heavy (non-hydrogen) atoms. The number of thioether (sulfide) groups is 1. The number of hydrogen-bond donors (Lipinski definition) is 1. The van der Waals surface area contributed by atoms with Crippen molar-refractivity contribution in [2.24, 2.45) is 0 Å². The van der Waals surface area contributed by atoms with E-state index in [1.807, 2.05) is 41.3 Å². The Morgan fingerprint density at radius 1 is 0.938 bits per heavy atom. The molecule has 0 saturated carbocycles. The Hall–Kier alpha value is -2.57. The number of carbonyl (C=O) groups is 2. The molecule has 0 atom stereocenters. The van der Waals surface area contributed by atoms with E-state index < -0.39 is 0 Å². The van der Waals surface area contributed by atoms with Gasteiger partial charge in [0, 0.05) is 44.9 Å². The Morgan fingerprint density at radius 3 is 2.47 bits per heavy atom. The molecule has 0 aromatic heterocycles. The van der Waals surface area contributed by atoms with Gasteiger partial charge in [0.05, 0.1) is 6.54 Å². The largest absolute Gasteiger partial charge is 0.355 e. The van der Waals surface area contributed by atoms with Crippen molar-refractivity contribution in [3.05, 3.63) is 77.2 Å². The SMILES string of the molecule is O=C(CN1CCCN(C(=O)CCS/C=C\c2ccccc2)CC1)NCCc1ccccc1. The zero-order valence-electron chi connectivity index (χ0n) is 18.6. The highest BCUT2D eigenvalue weighted by molar-refractivity contribution is 8.02. The van der Waals surface area contributed by atoms with Gasteiger partial charge in [-0.15, -0.1) is 11.8 Å². The highest BCUT2D eigenvalue weighted by Crippen LogP contribution is 2.11. The van der Waals surface area contributed by atoms with E-state index in [4.69, 9.17) is 0 Å². The van der Waals surface area contributed by atoms with Crippen molar-refractivity contribution in [3.63, 3.8) is 0 Å². The fourth-order valence-electron chi connectivity index (χ4n) is 3.69. The molecule has 1 heterocycles. The van der Waals surface area contributed by atoms with Crippen LogP contribution in [0.15, 0.2) is 66.1 Å². The summed E-state index contributed by atoms with van der Waals surface area (Å²) in [5.41, 5.74) is 2.40. The number of rotatable bonds is 10. The zero-order valence-corrected chi connectivity index (χ0v) is 19.4. The van der Waals surface area contributed by atoms with Gasteiger partial charge in [0.2, 0.25) is 11.8 Å². The van der Waals surface area contributed by atoms with E-state index in [1.165, 1.54) is 11.1 Å². The van der Waals surface area contributed by atoms with Crippen LogP contribution in [-0.2, 0) is 16.0 Å². The fourth-order valence-corrected chi connectivity index (χ4v) is 4.37. The van der Waals surface area contributed by atoms with Crippen LogP contribution in [0.25, 0.3) is 6.08 Å². The molecule has 1 fully saturated rings. The molecule has 1 aliphatic heterocycles. The molecule has 6 heteroatoms. The third kappa shape index (κ3) is 8.89. The van der Waals surface area contributed by atoms with Crippen LogP contribution in [-0.4, -0.2) is 66.6 Å². The molecule has 0 spiro atoms. The van der Waals surface area contributed by atoms with Gasteiger partial charge < -0.3 is 10.2 Å². The van der Waals surface area contributed by atoms with Gasteiger partial charge in [-0.05, 0) is 35.5 Å². The summed E-state index contributed by atoms with van der Waals surface area (Å²) in [6.07, 6.45) is 4.37. The monoisotopic (exact) mass is 451 g/mol. The van der Waals surface area contributed by atoms with Crippen molar-refractivity contribution in [3.8, 4) is 0 Å². The van der Waals surface area contributed by atoms with Crippen LogP contribution in [0.1, 0.15) is 24.0 Å². The second-order valence-electron chi connectivity index (χ2n) is 7.93. The van der Waals surface area contributed by atoms with E-state index in [2.05, 4.69) is 46.0 Å². The molecular weight excluding hydrogens is 418 g/mol. The van der Waals surface area contributed by atoms with Crippen molar-refractivity contribution in [1.82, 2.24) is 15.1 Å². The number of amides is 2. The van der Waals surface area contributed by atoms with Gasteiger partial charge >= 0.3 is 0 Å². The third-order valence-corrected chi connectivity index (χ3v) is 6.25. The molecule has 3 rings (SSSR count). The van der Waals surface area contributed by atoms with Crippen LogP contribution < -0.4 is 5.32 Å². The predicted molar refractivity (Wildman–Crippen MR) is 133 cm³/mol. The normalized spacial score (nSPS) is 14.9. The minimum absolute atomic E-state index is 0.0577. The molecule has 1 N–H and O–H groups in total. The number of nitrogens with zero attached hydrogens (tertiary/aromatic N) is 2. The number of carbonyl (C=O) groups excluding carboxylic acids is 2. The standard InChI is InChI=1S/C26H33N3O2S/c30-25(27-15-12-23-8-3-1-4-9-23)22-28-16-7-17-29(19-18-28)26(31)14-21-32-20-13-24-10-5-2-6-11-24/h1-6,8-11,13,20H,7,12,14-19,21-22H2,(H,27,30)/b20-13-. The maximum Gasteiger partial charge on any atom is 0.234 e. The maximum absolute atomic E-state index is 12.6. The summed E-state index contributed by atoms with van der Waals surface area (Å²) in [7, 11) is 0. The molecular formula is C26H33N3O2S. The summed E-state index contributed by atoms with van der Waals surface area (Å²) >= 11 is 1.67. The van der Waals surface area contributed by atoms with Gasteiger partial charge in [-0.3, -0.25) is 14.5 Å². The lowest BCUT2D eigenvalue weighted by atomic mass is 10.1. The first kappa shape index (κ1) is 24.1. The van der Waals surface area contributed by atoms with Crippen LogP contribution in [0.5, 0.6) is 0 Å². The van der Waals surface area contributed by atoms with Gasteiger partial charge in [-0.2, -0.15) is 0 Å². The van der Waals surface area contributed by atoms with Crippen molar-refractivity contribution in [2.45, 2.75) is 19.3 Å². The molecule has 1 aliphatic rings. The van der Waals surface area contributed by atoms with E-state index in [-0.39, 0.29) is 11.8 Å². The lowest BCUT2D eigenvalue weighted by Gasteiger charge is -2.21. The lowest BCUT2D eigenvalue weighted by molar-refractivity contribution is -0.130. The fraction of sp³-hybridized carbons (Fsp3) is 0.385. The summed E-state index contributed by atoms with van der Waals surface area (Å²) in [4.78, 5) is 29.0. The number of benzene rings is 2. The average molecular weight is 452 g/mol. The summed E-state index contributed by atoms with van der Waals surface area (Å²) < 4.78 is 0. The zero-order chi connectivity index (χ0) is 22.4. The molecule has 0 unspecified atom stereocenters. The summed E-state index contributed by atoms with van der Waals surface area (Å²) in [6, 6.07) is 20.3. The van der Waals surface area contributed by atoms with E-state index in [1.54, 1.807) is 11.8 Å². The third-order valence-electron chi connectivity index (χ3n) is 5.48. The van der Waals surface area contributed by atoms with E-state index in [0.29, 0.717) is 26.1 Å². The van der Waals surface area contributed by atoms with Crippen LogP contribution in [0.4, 0.5) is 0 Å². The second kappa shape index (κ2) is 13.8. The van der Waals surface area contributed by atoms with Gasteiger partial charge in [0.1, 0.15) is 0 Å². The Bertz CT molecular complexity index is 858. The summed E-state index contributed by atoms with van der Waals surface area (Å²) in [5.74, 6) is 1.05. The van der Waals surface area contributed by atoms with Crippen molar-refractivity contribution in [2.75, 3.05) is 45.0 Å². The highest BCUT2D eigenvalue weighted by atomic mass is 32.2. The minimum atomic E-state index is 0.0577. The van der Waals surface area contributed by atoms with Gasteiger partial charge in [0.25, 0.3) is 0 Å². The summed E-state index contributed by atoms with van der Waals surface area (Å²) in [6.45, 7) is 4.12. The van der Waals surface area contributed by atoms with Gasteiger partial charge in [0.15, 0.2) is 0 Å². The van der Waals surface area contributed by atoms with Gasteiger partial charge in [-0.1, -0.05) is 60.7 Å². The first-order valence-corrected chi connectivity index (χ1v) is 12.4. The Balaban J connectivity index is 1.30. The van der Waals surface area contributed by atoms with E-state index in [0.717, 1.165) is 38.2 Å². The number of nitrogens with one attached hydrogen (secondary N) is 1. The highest BCUT2D eigenvalue weighted by Gasteiger charge is 2.20. The molecule has 2 amide bonds.